The van der Waals surface area contributed by atoms with Crippen molar-refractivity contribution in [2.45, 2.75) is 6.92 Å². The van der Waals surface area contributed by atoms with Crippen molar-refractivity contribution in [3.05, 3.63) is 32.6 Å². The van der Waals surface area contributed by atoms with Gasteiger partial charge in [-0.2, -0.15) is 0 Å². The van der Waals surface area contributed by atoms with Crippen molar-refractivity contribution in [2.75, 3.05) is 19.6 Å². The number of H-pyrrole nitrogens is 1. The minimum absolute atomic E-state index is 0.0919. The largest absolute Gasteiger partial charge is 0.407 e. The molecule has 0 atom stereocenters. The van der Waals surface area contributed by atoms with Crippen LogP contribution < -0.4 is 16.1 Å². The van der Waals surface area contributed by atoms with Crippen molar-refractivity contribution >= 4 is 7.60 Å². The van der Waals surface area contributed by atoms with E-state index in [1.165, 1.54) is 13.1 Å². The number of aromatic nitrogens is 2. The average molecular weight is 280 g/mol. The zero-order chi connectivity index (χ0) is 13.8. The zero-order valence-corrected chi connectivity index (χ0v) is 10.4. The van der Waals surface area contributed by atoms with Crippen LogP contribution in [-0.4, -0.2) is 39.1 Å². The lowest BCUT2D eigenvalue weighted by molar-refractivity contribution is 0.0414. The van der Waals surface area contributed by atoms with Crippen LogP contribution in [-0.2, 0) is 9.30 Å². The highest BCUT2D eigenvalue weighted by Crippen LogP contribution is 2.33. The predicted octanol–water partition coefficient (Wildman–Crippen LogP) is -1.57. The Hall–Kier alpha value is -1.41. The van der Waals surface area contributed by atoms with E-state index < -0.39 is 25.2 Å². The van der Waals surface area contributed by atoms with Crippen LogP contribution in [0.1, 0.15) is 5.56 Å². The van der Waals surface area contributed by atoms with Crippen molar-refractivity contribution in [3.8, 4) is 0 Å². The molecule has 0 aliphatic rings. The number of aryl methyl sites for hydroxylation is 1. The second-order valence-corrected chi connectivity index (χ2v) is 5.02. The molecule has 0 aromatic carbocycles. The molecule has 1 aromatic rings. The summed E-state index contributed by atoms with van der Waals surface area (Å²) in [5.74, 6) is 0. The fraction of sp³-hybridized carbons (Fsp3) is 0.500. The van der Waals surface area contributed by atoms with Gasteiger partial charge in [0.2, 0.25) is 0 Å². The predicted molar refractivity (Wildman–Crippen MR) is 60.4 cm³/mol. The first-order valence-electron chi connectivity index (χ1n) is 4.88. The molecule has 0 saturated carbocycles. The van der Waals surface area contributed by atoms with Gasteiger partial charge in [0.1, 0.15) is 13.0 Å². The molecule has 18 heavy (non-hydrogen) atoms. The molecule has 1 aromatic heterocycles. The topological polar surface area (TPSA) is 131 Å². The van der Waals surface area contributed by atoms with Gasteiger partial charge in [-0.05, 0) is 6.92 Å². The van der Waals surface area contributed by atoms with Crippen LogP contribution >= 0.6 is 7.60 Å². The van der Waals surface area contributed by atoms with Gasteiger partial charge in [0.25, 0.3) is 5.56 Å². The van der Waals surface area contributed by atoms with Crippen LogP contribution in [0.2, 0.25) is 0 Å². The number of ether oxygens (including phenoxy) is 1. The molecule has 1 rings (SSSR count). The quantitative estimate of drug-likeness (QED) is 0.423. The maximum absolute atomic E-state index is 11.2. The Balaban J connectivity index is 2.45. The minimum atomic E-state index is -4.20. The van der Waals surface area contributed by atoms with Crippen LogP contribution in [0.3, 0.4) is 0 Å². The molecule has 0 unspecified atom stereocenters. The maximum Gasteiger partial charge on any atom is 0.361 e. The molecule has 0 saturated heterocycles. The van der Waals surface area contributed by atoms with Crippen molar-refractivity contribution < 1.29 is 23.9 Å². The summed E-state index contributed by atoms with van der Waals surface area (Å²) in [6.07, 6.45) is 0.500. The Labute approximate surface area is 101 Å². The molecular weight excluding hydrogens is 267 g/mol. The third kappa shape index (κ3) is 4.84. The highest BCUT2D eigenvalue weighted by Gasteiger charge is 2.12. The molecule has 0 aliphatic heterocycles. The Morgan fingerprint density at radius 1 is 1.39 bits per heavy atom. The van der Waals surface area contributed by atoms with Crippen LogP contribution in [0.25, 0.3) is 0 Å². The first kappa shape index (κ1) is 14.7. The van der Waals surface area contributed by atoms with E-state index in [1.54, 1.807) is 0 Å². The fourth-order valence-electron chi connectivity index (χ4n) is 1.02. The number of hydrogen-bond donors (Lipinski definition) is 3. The summed E-state index contributed by atoms with van der Waals surface area (Å²) in [7, 11) is -4.20. The van der Waals surface area contributed by atoms with Gasteiger partial charge in [0, 0.05) is 5.56 Å². The summed E-state index contributed by atoms with van der Waals surface area (Å²) in [6.45, 7) is 1.31. The van der Waals surface area contributed by atoms with E-state index in [-0.39, 0.29) is 13.2 Å². The lowest BCUT2D eigenvalue weighted by Crippen LogP contribution is -2.35. The number of nitrogens with zero attached hydrogens (tertiary/aromatic N) is 1. The fourth-order valence-corrected chi connectivity index (χ4v) is 1.38. The highest BCUT2D eigenvalue weighted by molar-refractivity contribution is 7.51. The van der Waals surface area contributed by atoms with Gasteiger partial charge >= 0.3 is 13.3 Å². The minimum Gasteiger partial charge on any atom is -0.407 e. The Morgan fingerprint density at radius 3 is 2.67 bits per heavy atom. The molecule has 0 aliphatic carbocycles. The molecular formula is C8H13N2O7P. The van der Waals surface area contributed by atoms with Gasteiger partial charge in [-0.15, -0.1) is 4.73 Å². The average Bonchev–Trinajstić information content (AvgIpc) is 2.23. The normalized spacial score (nSPS) is 11.5. The molecule has 102 valence electrons. The zero-order valence-electron chi connectivity index (χ0n) is 9.53. The summed E-state index contributed by atoms with van der Waals surface area (Å²) in [4.78, 5) is 46.2. The van der Waals surface area contributed by atoms with E-state index in [2.05, 4.69) is 4.74 Å². The van der Waals surface area contributed by atoms with Crippen LogP contribution in [0.5, 0.6) is 0 Å². The molecule has 9 nitrogen and oxygen atoms in total. The Morgan fingerprint density at radius 2 is 2.06 bits per heavy atom. The second-order valence-electron chi connectivity index (χ2n) is 3.43. The van der Waals surface area contributed by atoms with Crippen molar-refractivity contribution in [2.24, 2.45) is 0 Å². The molecule has 0 spiro atoms. The summed E-state index contributed by atoms with van der Waals surface area (Å²) in [5.41, 5.74) is -0.941. The first-order valence-corrected chi connectivity index (χ1v) is 6.67. The Kier molecular flexibility index (Phi) is 4.85. The summed E-state index contributed by atoms with van der Waals surface area (Å²) in [6, 6.07) is 0. The smallest absolute Gasteiger partial charge is 0.361 e. The van der Waals surface area contributed by atoms with Crippen LogP contribution in [0, 0.1) is 6.92 Å². The van der Waals surface area contributed by atoms with Crippen LogP contribution in [0.4, 0.5) is 0 Å². The highest BCUT2D eigenvalue weighted by atomic mass is 31.2. The molecule has 0 radical (unpaired) electrons. The lowest BCUT2D eigenvalue weighted by Gasteiger charge is -2.09. The number of aromatic amines is 1. The third-order valence-electron chi connectivity index (χ3n) is 1.81. The van der Waals surface area contributed by atoms with Gasteiger partial charge in [0.05, 0.1) is 12.8 Å². The molecule has 0 amide bonds. The van der Waals surface area contributed by atoms with Crippen LogP contribution in [0.15, 0.2) is 15.8 Å². The van der Waals surface area contributed by atoms with E-state index in [4.69, 9.17) is 14.6 Å². The first-order chi connectivity index (χ1) is 8.29. The number of rotatable bonds is 6. The summed E-state index contributed by atoms with van der Waals surface area (Å²) >= 11 is 0. The van der Waals surface area contributed by atoms with E-state index in [0.29, 0.717) is 5.56 Å². The molecule has 0 bridgehead atoms. The van der Waals surface area contributed by atoms with Gasteiger partial charge in [-0.1, -0.05) is 0 Å². The van der Waals surface area contributed by atoms with Gasteiger partial charge in [-0.3, -0.25) is 14.3 Å². The Bertz CT molecular complexity index is 557. The summed E-state index contributed by atoms with van der Waals surface area (Å²) in [5, 5.41) is 0. The number of hydrogen-bond acceptors (Lipinski definition) is 5. The van der Waals surface area contributed by atoms with E-state index in [1.807, 2.05) is 4.98 Å². The van der Waals surface area contributed by atoms with Crippen molar-refractivity contribution in [1.82, 2.24) is 9.71 Å². The van der Waals surface area contributed by atoms with E-state index >= 15 is 0 Å². The summed E-state index contributed by atoms with van der Waals surface area (Å²) < 4.78 is 15.9. The third-order valence-corrected chi connectivity index (χ3v) is 2.33. The van der Waals surface area contributed by atoms with Crippen molar-refractivity contribution in [1.29, 1.82) is 0 Å². The molecule has 1 heterocycles. The van der Waals surface area contributed by atoms with E-state index in [0.717, 1.165) is 4.73 Å². The second kappa shape index (κ2) is 5.96. The van der Waals surface area contributed by atoms with E-state index in [9.17, 15) is 14.2 Å². The number of nitrogens with one attached hydrogen (secondary N) is 1. The standard InChI is InChI=1S/C8H13N2O7P/c1-6-4-10(8(12)9-7(6)11)17-3-2-16-5-18(13,14)15/h4H,2-3,5H2,1H3,(H,9,11,12)(H2,13,14,15). The SMILES string of the molecule is Cc1cn(OCCOCP(=O)(O)O)c(=O)[nH]c1=O. The van der Waals surface area contributed by atoms with Gasteiger partial charge < -0.3 is 19.4 Å². The molecule has 3 N–H and O–H groups in total. The lowest BCUT2D eigenvalue weighted by atomic mass is 10.4. The van der Waals surface area contributed by atoms with Gasteiger partial charge in [0.15, 0.2) is 0 Å². The molecule has 10 heteroatoms. The monoisotopic (exact) mass is 280 g/mol. The molecule has 0 fully saturated rings. The van der Waals surface area contributed by atoms with Gasteiger partial charge in [-0.25, -0.2) is 4.79 Å². The maximum atomic E-state index is 11.2. The van der Waals surface area contributed by atoms with Crippen molar-refractivity contribution in [3.63, 3.8) is 0 Å².